The SMILES string of the molecule is CC(=O)N[C@H](C(=O)N1CC[NH+](Cc2cccc(C(F)(F)F)c2)CC1)C(C)C. The molecule has 1 aliphatic heterocycles. The zero-order valence-corrected chi connectivity index (χ0v) is 15.9. The van der Waals surface area contributed by atoms with Crippen LogP contribution in [0.2, 0.25) is 0 Å². The van der Waals surface area contributed by atoms with Crippen LogP contribution in [-0.2, 0) is 22.3 Å². The second-order valence-corrected chi connectivity index (χ2v) is 7.37. The standard InChI is InChI=1S/C19H26F3N3O2/c1-13(2)17(23-14(3)26)18(27)25-9-7-24(8-10-25)12-15-5-4-6-16(11-15)19(20,21)22/h4-6,11,13,17H,7-10,12H2,1-3H3,(H,23,26)/p+1/t17-/m0/s1. The topological polar surface area (TPSA) is 53.9 Å². The van der Waals surface area contributed by atoms with Crippen LogP contribution in [0.1, 0.15) is 31.9 Å². The van der Waals surface area contributed by atoms with Crippen molar-refractivity contribution in [2.24, 2.45) is 5.92 Å². The lowest BCUT2D eigenvalue weighted by atomic mass is 10.0. The molecule has 0 aromatic heterocycles. The Balaban J connectivity index is 1.93. The van der Waals surface area contributed by atoms with Crippen molar-refractivity contribution in [2.45, 2.75) is 39.5 Å². The maximum Gasteiger partial charge on any atom is 0.416 e. The van der Waals surface area contributed by atoms with E-state index >= 15 is 0 Å². The number of halogens is 3. The number of quaternary nitrogens is 1. The van der Waals surface area contributed by atoms with Crippen LogP contribution in [0.4, 0.5) is 13.2 Å². The van der Waals surface area contributed by atoms with Crippen LogP contribution in [0.5, 0.6) is 0 Å². The van der Waals surface area contributed by atoms with E-state index in [2.05, 4.69) is 5.32 Å². The first-order chi connectivity index (χ1) is 12.6. The Morgan fingerprint density at radius 1 is 1.22 bits per heavy atom. The molecular weight excluding hydrogens is 359 g/mol. The summed E-state index contributed by atoms with van der Waals surface area (Å²) in [5.41, 5.74) is 0.00111. The Bertz CT molecular complexity index is 668. The minimum atomic E-state index is -4.34. The van der Waals surface area contributed by atoms with Crippen molar-refractivity contribution in [2.75, 3.05) is 26.2 Å². The Hall–Kier alpha value is -2.09. The van der Waals surface area contributed by atoms with Crippen molar-refractivity contribution in [1.82, 2.24) is 10.2 Å². The predicted molar refractivity (Wildman–Crippen MR) is 94.9 cm³/mol. The summed E-state index contributed by atoms with van der Waals surface area (Å²) in [6, 6.07) is 4.84. The summed E-state index contributed by atoms with van der Waals surface area (Å²) in [5.74, 6) is -0.355. The molecule has 1 aromatic carbocycles. The lowest BCUT2D eigenvalue weighted by Crippen LogP contribution is -3.13. The van der Waals surface area contributed by atoms with Crippen molar-refractivity contribution in [3.8, 4) is 0 Å². The number of alkyl halides is 3. The molecule has 0 radical (unpaired) electrons. The number of rotatable bonds is 5. The maximum absolute atomic E-state index is 12.8. The fourth-order valence-electron chi connectivity index (χ4n) is 3.30. The fourth-order valence-corrected chi connectivity index (χ4v) is 3.30. The highest BCUT2D eigenvalue weighted by molar-refractivity contribution is 5.87. The summed E-state index contributed by atoms with van der Waals surface area (Å²) in [7, 11) is 0. The molecule has 1 heterocycles. The first-order valence-electron chi connectivity index (χ1n) is 9.13. The van der Waals surface area contributed by atoms with E-state index < -0.39 is 17.8 Å². The molecule has 0 spiro atoms. The van der Waals surface area contributed by atoms with Crippen LogP contribution >= 0.6 is 0 Å². The largest absolute Gasteiger partial charge is 0.416 e. The molecule has 5 nitrogen and oxygen atoms in total. The van der Waals surface area contributed by atoms with Crippen LogP contribution in [-0.4, -0.2) is 48.9 Å². The number of amides is 2. The van der Waals surface area contributed by atoms with Gasteiger partial charge in [-0.05, 0) is 18.1 Å². The van der Waals surface area contributed by atoms with Crippen LogP contribution in [0.25, 0.3) is 0 Å². The van der Waals surface area contributed by atoms with Crippen LogP contribution in [0, 0.1) is 5.92 Å². The number of piperazine rings is 1. The molecule has 27 heavy (non-hydrogen) atoms. The maximum atomic E-state index is 12.8. The highest BCUT2D eigenvalue weighted by Crippen LogP contribution is 2.29. The van der Waals surface area contributed by atoms with Gasteiger partial charge in [0.05, 0.1) is 31.7 Å². The van der Waals surface area contributed by atoms with E-state index in [4.69, 9.17) is 0 Å². The summed E-state index contributed by atoms with van der Waals surface area (Å²) in [6.07, 6.45) is -4.34. The highest BCUT2D eigenvalue weighted by atomic mass is 19.4. The average molecular weight is 386 g/mol. The Morgan fingerprint density at radius 2 is 1.85 bits per heavy atom. The van der Waals surface area contributed by atoms with Gasteiger partial charge in [0.25, 0.3) is 0 Å². The van der Waals surface area contributed by atoms with E-state index in [9.17, 15) is 22.8 Å². The minimum absolute atomic E-state index is 0.0168. The lowest BCUT2D eigenvalue weighted by molar-refractivity contribution is -0.917. The van der Waals surface area contributed by atoms with Crippen LogP contribution in [0.3, 0.4) is 0 Å². The van der Waals surface area contributed by atoms with Crippen molar-refractivity contribution in [3.05, 3.63) is 35.4 Å². The molecule has 2 N–H and O–H groups in total. The molecular formula is C19H27F3N3O2+. The molecule has 0 unspecified atom stereocenters. The molecule has 0 bridgehead atoms. The molecule has 1 atom stereocenters. The smallest absolute Gasteiger partial charge is 0.344 e. The zero-order valence-electron chi connectivity index (χ0n) is 15.9. The number of hydrogen-bond acceptors (Lipinski definition) is 2. The predicted octanol–water partition coefficient (Wildman–Crippen LogP) is 1.09. The Kier molecular flexibility index (Phi) is 6.86. The third-order valence-corrected chi connectivity index (χ3v) is 4.78. The first kappa shape index (κ1) is 21.2. The van der Waals surface area contributed by atoms with Gasteiger partial charge in [0, 0.05) is 12.5 Å². The quantitative estimate of drug-likeness (QED) is 0.796. The molecule has 8 heteroatoms. The number of nitrogens with one attached hydrogen (secondary N) is 2. The molecule has 0 saturated carbocycles. The molecule has 2 amide bonds. The minimum Gasteiger partial charge on any atom is -0.344 e. The monoisotopic (exact) mass is 386 g/mol. The van der Waals surface area contributed by atoms with E-state index in [1.807, 2.05) is 13.8 Å². The number of carbonyl (C=O) groups excluding carboxylic acids is 2. The first-order valence-corrected chi connectivity index (χ1v) is 9.13. The van der Waals surface area contributed by atoms with Gasteiger partial charge in [0.1, 0.15) is 12.6 Å². The second-order valence-electron chi connectivity index (χ2n) is 7.37. The van der Waals surface area contributed by atoms with Gasteiger partial charge in [0.2, 0.25) is 11.8 Å². The second kappa shape index (κ2) is 8.73. The summed E-state index contributed by atoms with van der Waals surface area (Å²) in [6.45, 7) is 8.01. The van der Waals surface area contributed by atoms with Gasteiger partial charge in [-0.15, -0.1) is 0 Å². The van der Waals surface area contributed by atoms with Crippen molar-refractivity contribution < 1.29 is 27.7 Å². The number of hydrogen-bond donors (Lipinski definition) is 2. The Morgan fingerprint density at radius 3 is 2.37 bits per heavy atom. The molecule has 2 rings (SSSR count). The number of nitrogens with zero attached hydrogens (tertiary/aromatic N) is 1. The van der Waals surface area contributed by atoms with Gasteiger partial charge < -0.3 is 15.1 Å². The van der Waals surface area contributed by atoms with E-state index in [0.717, 1.165) is 11.0 Å². The third kappa shape index (κ3) is 5.95. The average Bonchev–Trinajstić information content (AvgIpc) is 2.59. The summed E-state index contributed by atoms with van der Waals surface area (Å²) in [5, 5.41) is 2.70. The third-order valence-electron chi connectivity index (χ3n) is 4.78. The molecule has 1 aromatic rings. The molecule has 0 aliphatic carbocycles. The van der Waals surface area contributed by atoms with Gasteiger partial charge in [-0.1, -0.05) is 26.0 Å². The molecule has 1 saturated heterocycles. The van der Waals surface area contributed by atoms with E-state index in [1.54, 1.807) is 11.0 Å². The van der Waals surface area contributed by atoms with E-state index in [-0.39, 0.29) is 17.7 Å². The summed E-state index contributed by atoms with van der Waals surface area (Å²) in [4.78, 5) is 26.9. The molecule has 1 fully saturated rings. The normalized spacial score (nSPS) is 17.1. The van der Waals surface area contributed by atoms with Gasteiger partial charge in [-0.3, -0.25) is 9.59 Å². The van der Waals surface area contributed by atoms with Gasteiger partial charge in [-0.2, -0.15) is 13.2 Å². The van der Waals surface area contributed by atoms with E-state index in [0.29, 0.717) is 38.3 Å². The number of benzene rings is 1. The van der Waals surface area contributed by atoms with Crippen molar-refractivity contribution >= 4 is 11.8 Å². The van der Waals surface area contributed by atoms with E-state index in [1.165, 1.54) is 19.1 Å². The highest BCUT2D eigenvalue weighted by Gasteiger charge is 2.32. The van der Waals surface area contributed by atoms with Crippen molar-refractivity contribution in [3.63, 3.8) is 0 Å². The Labute approximate surface area is 157 Å². The number of carbonyl (C=O) groups is 2. The van der Waals surface area contributed by atoms with Gasteiger partial charge in [0.15, 0.2) is 0 Å². The van der Waals surface area contributed by atoms with Crippen molar-refractivity contribution in [1.29, 1.82) is 0 Å². The van der Waals surface area contributed by atoms with Gasteiger partial charge >= 0.3 is 6.18 Å². The van der Waals surface area contributed by atoms with Crippen LogP contribution < -0.4 is 10.2 Å². The summed E-state index contributed by atoms with van der Waals surface area (Å²) < 4.78 is 38.5. The molecule has 150 valence electrons. The molecule has 1 aliphatic rings. The van der Waals surface area contributed by atoms with Crippen LogP contribution in [0.15, 0.2) is 24.3 Å². The zero-order chi connectivity index (χ0) is 20.2. The fraction of sp³-hybridized carbons (Fsp3) is 0.579. The summed E-state index contributed by atoms with van der Waals surface area (Å²) >= 11 is 0. The van der Waals surface area contributed by atoms with Gasteiger partial charge in [-0.25, -0.2) is 0 Å². The lowest BCUT2D eigenvalue weighted by Gasteiger charge is -2.35.